The number of hydrogen-bond donors (Lipinski definition) is 1. The van der Waals surface area contributed by atoms with Crippen molar-refractivity contribution >= 4 is 28.8 Å². The van der Waals surface area contributed by atoms with Gasteiger partial charge in [-0.3, -0.25) is 9.78 Å². The van der Waals surface area contributed by atoms with Gasteiger partial charge in [-0.2, -0.15) is 13.2 Å². The van der Waals surface area contributed by atoms with Crippen molar-refractivity contribution in [3.8, 4) is 0 Å². The van der Waals surface area contributed by atoms with Crippen molar-refractivity contribution in [2.45, 2.75) is 38.9 Å². The number of nitrogens with one attached hydrogen (secondary N) is 1. The number of thioether (sulfide) groups is 1. The van der Waals surface area contributed by atoms with E-state index in [0.717, 1.165) is 17.5 Å². The van der Waals surface area contributed by atoms with Crippen LogP contribution < -0.4 is 5.32 Å². The number of fused-ring (bicyclic) bond motifs is 1. The molecule has 1 aromatic heterocycles. The molecule has 194 valence electrons. The monoisotopic (exact) mass is 530 g/mol. The molecule has 1 unspecified atom stereocenters. The molecule has 0 saturated carbocycles. The number of nitrogens with zero attached hydrogens (tertiary/aromatic N) is 3. The largest absolute Gasteiger partial charge is 0.463 e. The molecule has 0 spiro atoms. The van der Waals surface area contributed by atoms with Crippen molar-refractivity contribution in [3.63, 3.8) is 0 Å². The van der Waals surface area contributed by atoms with E-state index in [4.69, 9.17) is 4.74 Å². The van der Waals surface area contributed by atoms with Gasteiger partial charge < -0.3 is 15.0 Å². The van der Waals surface area contributed by atoms with Gasteiger partial charge in [0.15, 0.2) is 10.9 Å². The van der Waals surface area contributed by atoms with Crippen LogP contribution in [-0.2, 0) is 20.7 Å². The van der Waals surface area contributed by atoms with Crippen molar-refractivity contribution in [1.82, 2.24) is 15.2 Å². The molecular weight excluding hydrogens is 505 g/mol. The third kappa shape index (κ3) is 5.87. The molecule has 2 aliphatic rings. The highest BCUT2D eigenvalue weighted by atomic mass is 32.2. The Morgan fingerprint density at radius 1 is 1.16 bits per heavy atom. The number of amidine groups is 1. The lowest BCUT2D eigenvalue weighted by Gasteiger charge is -2.37. The number of aromatic nitrogens is 1. The highest BCUT2D eigenvalue weighted by molar-refractivity contribution is 8.16. The van der Waals surface area contributed by atoms with Crippen molar-refractivity contribution in [3.05, 3.63) is 87.9 Å². The number of carbonyl (C=O) groups is 2. The minimum absolute atomic E-state index is 0.0462. The third-order valence-corrected chi connectivity index (χ3v) is 6.72. The van der Waals surface area contributed by atoms with Crippen LogP contribution in [0, 0.1) is 6.92 Å². The van der Waals surface area contributed by atoms with Gasteiger partial charge >= 0.3 is 12.1 Å². The summed E-state index contributed by atoms with van der Waals surface area (Å²) in [6, 6.07) is 11.2. The average molecular weight is 531 g/mol. The van der Waals surface area contributed by atoms with Gasteiger partial charge in [-0.15, -0.1) is 0 Å². The molecule has 37 heavy (non-hydrogen) atoms. The van der Waals surface area contributed by atoms with Gasteiger partial charge in [-0.25, -0.2) is 9.79 Å². The molecule has 0 bridgehead atoms. The van der Waals surface area contributed by atoms with E-state index in [-0.39, 0.29) is 24.1 Å². The number of benzene rings is 1. The minimum atomic E-state index is -4.88. The SMILES string of the molecule is CCOC(=O)C1=C(C(F)(F)F)N=C2SC=C(CC(=O)NCCc3ccccn3)N2C1c1ccccc1C. The molecule has 2 aliphatic heterocycles. The summed E-state index contributed by atoms with van der Waals surface area (Å²) >= 11 is 0.986. The van der Waals surface area contributed by atoms with E-state index in [1.807, 2.05) is 12.1 Å². The molecule has 0 saturated heterocycles. The first-order valence-corrected chi connectivity index (χ1v) is 12.5. The molecule has 4 rings (SSSR count). The predicted molar refractivity (Wildman–Crippen MR) is 134 cm³/mol. The Labute approximate surface area is 216 Å². The zero-order valence-corrected chi connectivity index (χ0v) is 21.0. The number of rotatable bonds is 8. The summed E-state index contributed by atoms with van der Waals surface area (Å²) < 4.78 is 47.5. The first-order valence-electron chi connectivity index (χ1n) is 11.6. The summed E-state index contributed by atoms with van der Waals surface area (Å²) in [6.45, 7) is 3.54. The highest BCUT2D eigenvalue weighted by Crippen LogP contribution is 2.48. The lowest BCUT2D eigenvalue weighted by molar-refractivity contribution is -0.140. The topological polar surface area (TPSA) is 83.9 Å². The normalized spacial score (nSPS) is 17.2. The molecule has 1 aromatic carbocycles. The molecule has 0 aliphatic carbocycles. The van der Waals surface area contributed by atoms with E-state index in [1.54, 1.807) is 48.9 Å². The number of allylic oxidation sites excluding steroid dienone is 1. The van der Waals surface area contributed by atoms with Crippen LogP contribution in [0.1, 0.15) is 36.2 Å². The van der Waals surface area contributed by atoms with Crippen LogP contribution in [0.5, 0.6) is 0 Å². The number of esters is 1. The number of aliphatic imine (C=N–C) groups is 1. The van der Waals surface area contributed by atoms with E-state index in [0.29, 0.717) is 29.8 Å². The van der Waals surface area contributed by atoms with Crippen LogP contribution in [0.4, 0.5) is 13.2 Å². The van der Waals surface area contributed by atoms with Crippen molar-refractivity contribution in [2.24, 2.45) is 4.99 Å². The van der Waals surface area contributed by atoms with Gasteiger partial charge in [0.1, 0.15) is 0 Å². The highest BCUT2D eigenvalue weighted by Gasteiger charge is 2.49. The Balaban J connectivity index is 1.65. The van der Waals surface area contributed by atoms with Crippen molar-refractivity contribution in [2.75, 3.05) is 13.2 Å². The van der Waals surface area contributed by atoms with Gasteiger partial charge in [-0.1, -0.05) is 42.1 Å². The Morgan fingerprint density at radius 2 is 1.92 bits per heavy atom. The van der Waals surface area contributed by atoms with Crippen molar-refractivity contribution in [1.29, 1.82) is 0 Å². The molecule has 11 heteroatoms. The number of aryl methyl sites for hydroxylation is 1. The number of ether oxygens (including phenoxy) is 1. The summed E-state index contributed by atoms with van der Waals surface area (Å²) in [5, 5.41) is 4.48. The molecule has 0 radical (unpaired) electrons. The second-order valence-electron chi connectivity index (χ2n) is 8.33. The zero-order valence-electron chi connectivity index (χ0n) is 20.2. The van der Waals surface area contributed by atoms with Gasteiger partial charge in [-0.05, 0) is 42.5 Å². The second kappa shape index (κ2) is 11.2. The lowest BCUT2D eigenvalue weighted by Crippen LogP contribution is -2.40. The van der Waals surface area contributed by atoms with E-state index < -0.39 is 29.5 Å². The van der Waals surface area contributed by atoms with Crippen LogP contribution in [0.3, 0.4) is 0 Å². The molecular formula is C26H25F3N4O3S. The Bertz CT molecular complexity index is 1280. The van der Waals surface area contributed by atoms with Crippen LogP contribution in [-0.4, -0.2) is 46.3 Å². The fraction of sp³-hybridized carbons (Fsp3) is 0.308. The molecule has 1 amide bonds. The lowest BCUT2D eigenvalue weighted by atomic mass is 9.90. The molecule has 3 heterocycles. The number of pyridine rings is 1. The van der Waals surface area contributed by atoms with Crippen LogP contribution >= 0.6 is 11.8 Å². The summed E-state index contributed by atoms with van der Waals surface area (Å²) in [5.74, 6) is -1.40. The standard InChI is InChI=1S/C26H25F3N4O3S/c1-3-36-24(35)21-22(19-10-5-4-8-16(19)2)33-18(15-37-25(33)32-23(21)26(27,28)29)14-20(34)31-13-11-17-9-6-7-12-30-17/h4-10,12,15,22H,3,11,13-14H2,1-2H3,(H,31,34). The molecule has 7 nitrogen and oxygen atoms in total. The number of alkyl halides is 3. The van der Waals surface area contributed by atoms with E-state index >= 15 is 0 Å². The number of carbonyl (C=O) groups excluding carboxylic acids is 2. The maximum atomic E-state index is 14.1. The Hall–Kier alpha value is -3.60. The third-order valence-electron chi connectivity index (χ3n) is 5.83. The first-order chi connectivity index (χ1) is 17.7. The maximum Gasteiger partial charge on any atom is 0.434 e. The van der Waals surface area contributed by atoms with Crippen molar-refractivity contribution < 1.29 is 27.5 Å². The Morgan fingerprint density at radius 3 is 2.59 bits per heavy atom. The Kier molecular flexibility index (Phi) is 8.01. The summed E-state index contributed by atoms with van der Waals surface area (Å²) in [4.78, 5) is 35.3. The number of amides is 1. The van der Waals surface area contributed by atoms with E-state index in [1.165, 1.54) is 11.8 Å². The van der Waals surface area contributed by atoms with Crippen LogP contribution in [0.2, 0.25) is 0 Å². The fourth-order valence-corrected chi connectivity index (χ4v) is 5.10. The summed E-state index contributed by atoms with van der Waals surface area (Å²) in [7, 11) is 0. The second-order valence-corrected chi connectivity index (χ2v) is 9.17. The van der Waals surface area contributed by atoms with Gasteiger partial charge in [0.25, 0.3) is 0 Å². The smallest absolute Gasteiger partial charge is 0.434 e. The number of halogens is 3. The summed E-state index contributed by atoms with van der Waals surface area (Å²) in [6.07, 6.45) is -2.78. The van der Waals surface area contributed by atoms with Gasteiger partial charge in [0.05, 0.1) is 24.6 Å². The van der Waals surface area contributed by atoms with Crippen LogP contribution in [0.15, 0.2) is 76.0 Å². The van der Waals surface area contributed by atoms with Gasteiger partial charge in [0, 0.05) is 30.6 Å². The van der Waals surface area contributed by atoms with E-state index in [2.05, 4.69) is 15.3 Å². The molecule has 1 N–H and O–H groups in total. The molecule has 0 fully saturated rings. The summed E-state index contributed by atoms with van der Waals surface area (Å²) in [5.41, 5.74) is 0.559. The maximum absolute atomic E-state index is 14.1. The van der Waals surface area contributed by atoms with Gasteiger partial charge in [0.2, 0.25) is 5.91 Å². The average Bonchev–Trinajstić information content (AvgIpc) is 3.26. The van der Waals surface area contributed by atoms with E-state index in [9.17, 15) is 22.8 Å². The fourth-order valence-electron chi connectivity index (χ4n) is 4.18. The molecule has 2 aromatic rings. The first kappa shape index (κ1) is 26.5. The predicted octanol–water partition coefficient (Wildman–Crippen LogP) is 4.82. The minimum Gasteiger partial charge on any atom is -0.463 e. The zero-order chi connectivity index (χ0) is 26.6. The quantitative estimate of drug-likeness (QED) is 0.493. The number of hydrogen-bond acceptors (Lipinski definition) is 7. The van der Waals surface area contributed by atoms with Crippen LogP contribution in [0.25, 0.3) is 0 Å². The molecule has 1 atom stereocenters.